The average molecular weight is 254 g/mol. The van der Waals surface area contributed by atoms with E-state index in [9.17, 15) is 0 Å². The van der Waals surface area contributed by atoms with Crippen molar-refractivity contribution in [2.75, 3.05) is 0 Å². The van der Waals surface area contributed by atoms with Gasteiger partial charge in [0.15, 0.2) is 0 Å². The van der Waals surface area contributed by atoms with E-state index in [1.807, 2.05) is 54.6 Å². The van der Waals surface area contributed by atoms with Gasteiger partial charge in [-0.05, 0) is 10.4 Å². The van der Waals surface area contributed by atoms with Gasteiger partial charge in [0.05, 0.1) is 0 Å². The standard InChI is InChI=1S/C6H5N4.C5H5.Fe/c1-2-4-5(3-1)6-7-9-10-8-6;1-2-4-5-3-1;/h1-4H,(H,7,8,9,10);1-5H;/q2*-1;+2. The topological polar surface area (TPSA) is 54.5 Å². The van der Waals surface area contributed by atoms with Crippen molar-refractivity contribution >= 4 is 0 Å². The summed E-state index contributed by atoms with van der Waals surface area (Å²) in [6.45, 7) is 0. The first-order valence-electron chi connectivity index (χ1n) is 4.59. The van der Waals surface area contributed by atoms with Gasteiger partial charge in [0.1, 0.15) is 5.82 Å². The molecule has 4 nitrogen and oxygen atoms in total. The molecule has 0 fully saturated rings. The fourth-order valence-electron chi connectivity index (χ4n) is 1.13. The van der Waals surface area contributed by atoms with E-state index in [2.05, 4.69) is 20.6 Å². The molecule has 0 aliphatic heterocycles. The Labute approximate surface area is 104 Å². The molecule has 0 unspecified atom stereocenters. The van der Waals surface area contributed by atoms with E-state index in [4.69, 9.17) is 0 Å². The zero-order valence-corrected chi connectivity index (χ0v) is 9.50. The van der Waals surface area contributed by atoms with E-state index in [1.54, 1.807) is 0 Å². The average Bonchev–Trinajstić information content (AvgIpc) is 3.06. The summed E-state index contributed by atoms with van der Waals surface area (Å²) >= 11 is 0. The monoisotopic (exact) mass is 254 g/mol. The van der Waals surface area contributed by atoms with Crippen LogP contribution in [0.5, 0.6) is 0 Å². The Morgan fingerprint density at radius 1 is 1.06 bits per heavy atom. The van der Waals surface area contributed by atoms with Gasteiger partial charge in [0.2, 0.25) is 0 Å². The molecule has 0 aliphatic rings. The molecule has 1 N–H and O–H groups in total. The number of tetrazole rings is 1. The third-order valence-electron chi connectivity index (χ3n) is 1.84. The van der Waals surface area contributed by atoms with Crippen molar-refractivity contribution in [1.82, 2.24) is 20.6 Å². The maximum atomic E-state index is 3.74. The third kappa shape index (κ3) is 3.46. The zero-order chi connectivity index (χ0) is 10.3. The summed E-state index contributed by atoms with van der Waals surface area (Å²) in [5, 5.41) is 13.3. The van der Waals surface area contributed by atoms with Crippen LogP contribution in [0.4, 0.5) is 0 Å². The van der Waals surface area contributed by atoms with Gasteiger partial charge in [-0.15, -0.1) is 5.10 Å². The summed E-state index contributed by atoms with van der Waals surface area (Å²) in [6.07, 6.45) is 0. The number of H-pyrrole nitrogens is 1. The number of rotatable bonds is 1. The van der Waals surface area contributed by atoms with E-state index in [1.165, 1.54) is 0 Å². The summed E-state index contributed by atoms with van der Waals surface area (Å²) in [4.78, 5) is 0. The fraction of sp³-hybridized carbons (Fsp3) is 0. The second-order valence-corrected chi connectivity index (χ2v) is 2.89. The number of hydrogen-bond donors (Lipinski definition) is 1. The number of nitrogens with one attached hydrogen (secondary N) is 1. The first-order chi connectivity index (χ1) is 7.47. The first-order valence-corrected chi connectivity index (χ1v) is 4.59. The van der Waals surface area contributed by atoms with Gasteiger partial charge in [-0.1, -0.05) is 5.56 Å². The molecule has 0 saturated carbocycles. The molecular weight excluding hydrogens is 244 g/mol. The van der Waals surface area contributed by atoms with E-state index in [-0.39, 0.29) is 17.1 Å². The summed E-state index contributed by atoms with van der Waals surface area (Å²) in [5.74, 6) is 0.713. The molecule has 3 rings (SSSR count). The Kier molecular flexibility index (Phi) is 5.19. The van der Waals surface area contributed by atoms with Crippen LogP contribution >= 0.6 is 0 Å². The SMILES string of the molecule is [Fe+2].c1cc[c-](-c2nnn[nH]2)c1.c1cc[cH-]c1. The van der Waals surface area contributed by atoms with Gasteiger partial charge in [-0.25, -0.2) is 29.4 Å². The fourth-order valence-corrected chi connectivity index (χ4v) is 1.13. The van der Waals surface area contributed by atoms with Crippen LogP contribution in [-0.2, 0) is 17.1 Å². The van der Waals surface area contributed by atoms with Gasteiger partial charge in [0, 0.05) is 0 Å². The Balaban J connectivity index is 0.000000183. The number of nitrogens with zero attached hydrogens (tertiary/aromatic N) is 3. The van der Waals surface area contributed by atoms with Crippen molar-refractivity contribution in [1.29, 1.82) is 0 Å². The second kappa shape index (κ2) is 6.71. The minimum atomic E-state index is 0. The van der Waals surface area contributed by atoms with Gasteiger partial charge >= 0.3 is 17.1 Å². The molecule has 0 saturated heterocycles. The van der Waals surface area contributed by atoms with Crippen LogP contribution in [-0.4, -0.2) is 20.6 Å². The molecule has 0 aliphatic carbocycles. The minimum Gasteiger partial charge on any atom is -0.250 e. The van der Waals surface area contributed by atoms with Crippen molar-refractivity contribution < 1.29 is 17.1 Å². The molecule has 16 heavy (non-hydrogen) atoms. The number of hydrogen-bond acceptors (Lipinski definition) is 3. The molecule has 2 aromatic carbocycles. The largest absolute Gasteiger partial charge is 2.00 e. The zero-order valence-electron chi connectivity index (χ0n) is 8.39. The predicted octanol–water partition coefficient (Wildman–Crippen LogP) is 1.99. The number of aromatic nitrogens is 4. The van der Waals surface area contributed by atoms with Gasteiger partial charge in [-0.3, -0.25) is 0 Å². The second-order valence-electron chi connectivity index (χ2n) is 2.89. The van der Waals surface area contributed by atoms with Crippen LogP contribution in [0, 0.1) is 0 Å². The van der Waals surface area contributed by atoms with Crippen LogP contribution in [0.1, 0.15) is 0 Å². The summed E-state index contributed by atoms with van der Waals surface area (Å²) in [6, 6.07) is 17.8. The van der Waals surface area contributed by atoms with Crippen LogP contribution < -0.4 is 0 Å². The summed E-state index contributed by atoms with van der Waals surface area (Å²) in [7, 11) is 0. The minimum absolute atomic E-state index is 0. The van der Waals surface area contributed by atoms with E-state index in [0.29, 0.717) is 5.82 Å². The quantitative estimate of drug-likeness (QED) is 0.533. The Bertz CT molecular complexity index is 393. The Morgan fingerprint density at radius 3 is 2.19 bits per heavy atom. The molecule has 5 heteroatoms. The van der Waals surface area contributed by atoms with Crippen LogP contribution in [0.3, 0.4) is 0 Å². The molecule has 0 amide bonds. The van der Waals surface area contributed by atoms with Crippen molar-refractivity contribution in [3.05, 3.63) is 54.6 Å². The molecule has 0 atom stereocenters. The third-order valence-corrected chi connectivity index (χ3v) is 1.84. The van der Waals surface area contributed by atoms with Crippen LogP contribution in [0.25, 0.3) is 11.4 Å². The van der Waals surface area contributed by atoms with E-state index in [0.717, 1.165) is 5.56 Å². The maximum absolute atomic E-state index is 3.74. The maximum Gasteiger partial charge on any atom is 2.00 e. The molecule has 1 aromatic heterocycles. The molecule has 3 aromatic rings. The Morgan fingerprint density at radius 2 is 1.75 bits per heavy atom. The van der Waals surface area contributed by atoms with Crippen LogP contribution in [0.15, 0.2) is 54.6 Å². The summed E-state index contributed by atoms with van der Waals surface area (Å²) in [5.41, 5.74) is 1.02. The van der Waals surface area contributed by atoms with Gasteiger partial charge in [-0.2, -0.15) is 30.3 Å². The van der Waals surface area contributed by atoms with Gasteiger partial charge < -0.3 is 0 Å². The smallest absolute Gasteiger partial charge is 0.250 e. The van der Waals surface area contributed by atoms with Crippen molar-refractivity contribution in [3.8, 4) is 11.4 Å². The molecule has 1 heterocycles. The normalized spacial score (nSPS) is 8.75. The van der Waals surface area contributed by atoms with Crippen molar-refractivity contribution in [3.63, 3.8) is 0 Å². The van der Waals surface area contributed by atoms with E-state index < -0.39 is 0 Å². The molecule has 0 bridgehead atoms. The molecule has 0 radical (unpaired) electrons. The van der Waals surface area contributed by atoms with Gasteiger partial charge in [0.25, 0.3) is 0 Å². The molecule has 0 spiro atoms. The number of aromatic amines is 1. The molecule has 82 valence electrons. The van der Waals surface area contributed by atoms with Crippen molar-refractivity contribution in [2.45, 2.75) is 0 Å². The first kappa shape index (κ1) is 12.4. The van der Waals surface area contributed by atoms with E-state index >= 15 is 0 Å². The Hall–Kier alpha value is -1.71. The summed E-state index contributed by atoms with van der Waals surface area (Å²) < 4.78 is 0. The van der Waals surface area contributed by atoms with Crippen LogP contribution in [0.2, 0.25) is 0 Å². The predicted molar refractivity (Wildman–Crippen MR) is 57.2 cm³/mol. The molecular formula is C11H10FeN4. The van der Waals surface area contributed by atoms with Crippen molar-refractivity contribution in [2.24, 2.45) is 0 Å².